The summed E-state index contributed by atoms with van der Waals surface area (Å²) in [4.78, 5) is 24.3. The van der Waals surface area contributed by atoms with E-state index >= 15 is 0 Å². The Morgan fingerprint density at radius 1 is 0.683 bits per heavy atom. The number of aliphatic hydroxyl groups excluding tert-OH is 1. The van der Waals surface area contributed by atoms with Crippen LogP contribution in [0.2, 0.25) is 0 Å². The van der Waals surface area contributed by atoms with Gasteiger partial charge >= 0.3 is 11.9 Å². The van der Waals surface area contributed by atoms with Crippen LogP contribution < -0.4 is 21.3 Å². The van der Waals surface area contributed by atoms with Crippen molar-refractivity contribution in [2.24, 2.45) is 53.3 Å². The third-order valence-corrected chi connectivity index (χ3v) is 13.4. The second-order valence-electron chi connectivity index (χ2n) is 15.1. The van der Waals surface area contributed by atoms with Crippen LogP contribution in [0.3, 0.4) is 0 Å². The number of nitrogens with one attached hydrogen (secondary N) is 4. The van der Waals surface area contributed by atoms with E-state index in [0.29, 0.717) is 36.3 Å². The summed E-state index contributed by atoms with van der Waals surface area (Å²) in [6.07, 6.45) is 4.98. The van der Waals surface area contributed by atoms with Gasteiger partial charge in [0.25, 0.3) is 0 Å². The van der Waals surface area contributed by atoms with Crippen LogP contribution in [0.5, 0.6) is 0 Å². The Bertz CT molecular complexity index is 997. The van der Waals surface area contributed by atoms with Gasteiger partial charge in [0.05, 0.1) is 12.0 Å². The summed E-state index contributed by atoms with van der Waals surface area (Å²) in [5.74, 6) is 0.506. The molecule has 1 aliphatic carbocycles. The van der Waals surface area contributed by atoms with E-state index in [1.807, 2.05) is 0 Å². The quantitative estimate of drug-likeness (QED) is 0.263. The third kappa shape index (κ3) is 5.05. The molecule has 18 atom stereocenters. The number of aliphatic carboxylic acids is 2. The lowest BCUT2D eigenvalue weighted by Gasteiger charge is -2.32. The van der Waals surface area contributed by atoms with E-state index < -0.39 is 17.9 Å². The molecule has 0 spiro atoms. The molecule has 9 nitrogen and oxygen atoms in total. The van der Waals surface area contributed by atoms with Crippen molar-refractivity contribution in [3.63, 3.8) is 0 Å². The van der Waals surface area contributed by atoms with Crippen LogP contribution in [-0.4, -0.2) is 81.7 Å². The van der Waals surface area contributed by atoms with Crippen molar-refractivity contribution in [2.45, 2.75) is 134 Å². The first-order chi connectivity index (χ1) is 19.5. The van der Waals surface area contributed by atoms with Crippen molar-refractivity contribution in [3.8, 4) is 0 Å². The average molecular weight is 575 g/mol. The molecule has 0 amide bonds. The highest BCUT2D eigenvalue weighted by atomic mass is 16.4. The smallest absolute Gasteiger partial charge is 0.308 e. The summed E-state index contributed by atoms with van der Waals surface area (Å²) in [5.41, 5.74) is 0. The summed E-state index contributed by atoms with van der Waals surface area (Å²) >= 11 is 0. The number of hydrogen-bond acceptors (Lipinski definition) is 7. The number of carboxylic acid groups (broad SMARTS) is 2. The van der Waals surface area contributed by atoms with Gasteiger partial charge in [-0.05, 0) is 73.5 Å². The Labute approximate surface area is 245 Å². The number of carbonyl (C=O) groups is 2. The highest BCUT2D eigenvalue weighted by Gasteiger charge is 2.58. The maximum absolute atomic E-state index is 12.6. The Kier molecular flexibility index (Phi) is 8.24. The summed E-state index contributed by atoms with van der Waals surface area (Å²) in [6, 6.07) is 1.56. The van der Waals surface area contributed by atoms with E-state index in [1.165, 1.54) is 0 Å². The van der Waals surface area contributed by atoms with Crippen molar-refractivity contribution in [1.82, 2.24) is 21.3 Å². The summed E-state index contributed by atoms with van der Waals surface area (Å²) < 4.78 is 0. The van der Waals surface area contributed by atoms with Gasteiger partial charge in [0.2, 0.25) is 0 Å². The summed E-state index contributed by atoms with van der Waals surface area (Å²) in [5, 5.41) is 47.2. The number of carboxylic acids is 2. The first-order valence-electron chi connectivity index (χ1n) is 16.7. The molecule has 0 aromatic carbocycles. The van der Waals surface area contributed by atoms with Gasteiger partial charge in [0.15, 0.2) is 0 Å². The monoisotopic (exact) mass is 574 g/mol. The minimum absolute atomic E-state index is 0.0180. The molecule has 41 heavy (non-hydrogen) atoms. The molecule has 8 bridgehead atoms. The molecule has 1 saturated carbocycles. The highest BCUT2D eigenvalue weighted by molar-refractivity contribution is 5.72. The maximum atomic E-state index is 12.6. The molecule has 9 heteroatoms. The van der Waals surface area contributed by atoms with Crippen LogP contribution in [0, 0.1) is 53.3 Å². The van der Waals surface area contributed by atoms with E-state index in [-0.39, 0.29) is 78.4 Å². The second-order valence-corrected chi connectivity index (χ2v) is 15.1. The van der Waals surface area contributed by atoms with Gasteiger partial charge in [0.1, 0.15) is 0 Å². The fraction of sp³-hybridized carbons (Fsp3) is 0.938. The molecule has 0 aromatic heterocycles. The minimum Gasteiger partial charge on any atom is -0.481 e. The van der Waals surface area contributed by atoms with Crippen molar-refractivity contribution < 1.29 is 24.9 Å². The second kappa shape index (κ2) is 11.3. The number of aliphatic hydroxyl groups is 1. The summed E-state index contributed by atoms with van der Waals surface area (Å²) in [6.45, 7) is 11.3. The van der Waals surface area contributed by atoms with Gasteiger partial charge in [-0.25, -0.2) is 0 Å². The number of hydrogen-bond donors (Lipinski definition) is 7. The van der Waals surface area contributed by atoms with Crippen molar-refractivity contribution in [1.29, 1.82) is 0 Å². The molecular formula is C32H54N4O5. The fourth-order valence-electron chi connectivity index (χ4n) is 11.2. The Morgan fingerprint density at radius 3 is 1.93 bits per heavy atom. The van der Waals surface area contributed by atoms with Gasteiger partial charge in [-0.3, -0.25) is 9.59 Å². The molecule has 5 aliphatic heterocycles. The zero-order valence-corrected chi connectivity index (χ0v) is 25.5. The van der Waals surface area contributed by atoms with Gasteiger partial charge in [0, 0.05) is 60.7 Å². The Hall–Kier alpha value is -1.26. The molecule has 16 unspecified atom stereocenters. The van der Waals surface area contributed by atoms with Crippen molar-refractivity contribution >= 4 is 11.9 Å². The average Bonchev–Trinajstić information content (AvgIpc) is 3.65. The predicted octanol–water partition coefficient (Wildman–Crippen LogP) is 2.28. The van der Waals surface area contributed by atoms with Crippen LogP contribution in [0.1, 0.15) is 79.6 Å². The molecule has 6 rings (SSSR count). The molecular weight excluding hydrogens is 520 g/mol. The van der Waals surface area contributed by atoms with Crippen LogP contribution >= 0.6 is 0 Å². The zero-order valence-electron chi connectivity index (χ0n) is 25.5. The van der Waals surface area contributed by atoms with Gasteiger partial charge in [-0.2, -0.15) is 0 Å². The SMILES string of the molecule is CCC1C2CC3NC4C(CC(O)C4C3C)C3NC(CC4NC(CC(N2)C1C)C(C(=O)O)C4C)[C@@H](C)[C@@H]3CCC(=O)O. The largest absolute Gasteiger partial charge is 0.481 e. The lowest BCUT2D eigenvalue weighted by atomic mass is 9.76. The standard InChI is InChI=1S/C32H54N4O5/c1-6-17-13(2)20-12-25-28(32(40)41)15(4)22(34-25)10-21-14(3)18(7-8-27(38)39)30(35-21)19-9-26(37)29-16(5)23(36-31(19)29)11-24(17)33-20/h13-26,28-31,33-37H,6-12H2,1-5H3,(H,38,39)(H,40,41)/t13?,14-,15?,16?,17?,18-,19?,20?,21?,22?,23?,24?,25?,26?,28?,29?,30?,31?/m0/s1. The Balaban J connectivity index is 1.35. The highest BCUT2D eigenvalue weighted by Crippen LogP contribution is 2.50. The first-order valence-corrected chi connectivity index (χ1v) is 16.7. The van der Waals surface area contributed by atoms with Crippen LogP contribution in [0.25, 0.3) is 0 Å². The molecule has 7 N–H and O–H groups in total. The molecule has 0 aromatic rings. The first kappa shape index (κ1) is 29.8. The molecule has 6 fully saturated rings. The fourth-order valence-corrected chi connectivity index (χ4v) is 11.2. The lowest BCUT2D eigenvalue weighted by molar-refractivity contribution is -0.143. The topological polar surface area (TPSA) is 143 Å². The van der Waals surface area contributed by atoms with E-state index in [0.717, 1.165) is 32.1 Å². The Morgan fingerprint density at radius 2 is 1.24 bits per heavy atom. The van der Waals surface area contributed by atoms with E-state index in [4.69, 9.17) is 0 Å². The number of rotatable bonds is 5. The van der Waals surface area contributed by atoms with Crippen LogP contribution in [0.4, 0.5) is 0 Å². The van der Waals surface area contributed by atoms with Gasteiger partial charge in [-0.15, -0.1) is 0 Å². The third-order valence-electron chi connectivity index (χ3n) is 13.4. The van der Waals surface area contributed by atoms with Crippen LogP contribution in [0.15, 0.2) is 0 Å². The van der Waals surface area contributed by atoms with Gasteiger partial charge in [-0.1, -0.05) is 41.0 Å². The molecule has 232 valence electrons. The maximum Gasteiger partial charge on any atom is 0.308 e. The predicted molar refractivity (Wildman–Crippen MR) is 156 cm³/mol. The van der Waals surface area contributed by atoms with E-state index in [2.05, 4.69) is 55.9 Å². The van der Waals surface area contributed by atoms with E-state index in [9.17, 15) is 24.9 Å². The minimum atomic E-state index is -0.754. The molecule has 5 saturated heterocycles. The number of fused-ring (bicyclic) bond motifs is 8. The molecule has 6 aliphatic rings. The molecule has 5 heterocycles. The van der Waals surface area contributed by atoms with Crippen molar-refractivity contribution in [2.75, 3.05) is 0 Å². The zero-order chi connectivity index (χ0) is 29.3. The van der Waals surface area contributed by atoms with E-state index in [1.54, 1.807) is 0 Å². The van der Waals surface area contributed by atoms with Crippen molar-refractivity contribution in [3.05, 3.63) is 0 Å². The summed E-state index contributed by atoms with van der Waals surface area (Å²) in [7, 11) is 0. The van der Waals surface area contributed by atoms with Gasteiger partial charge < -0.3 is 36.6 Å². The lowest BCUT2D eigenvalue weighted by Crippen LogP contribution is -2.48. The normalized spacial score (nSPS) is 54.5. The van der Waals surface area contributed by atoms with Crippen LogP contribution in [-0.2, 0) is 9.59 Å². The molecule has 0 radical (unpaired) electrons.